The van der Waals surface area contributed by atoms with Crippen molar-refractivity contribution in [2.45, 2.75) is 25.4 Å². The van der Waals surface area contributed by atoms with Crippen LogP contribution in [0, 0.1) is 0 Å². The second-order valence-electron chi connectivity index (χ2n) is 7.20. The van der Waals surface area contributed by atoms with E-state index in [0.717, 1.165) is 37.7 Å². The summed E-state index contributed by atoms with van der Waals surface area (Å²) in [6, 6.07) is 14.4. The first-order chi connectivity index (χ1) is 13.3. The van der Waals surface area contributed by atoms with E-state index in [1.165, 1.54) is 27.3 Å². The van der Waals surface area contributed by atoms with Crippen LogP contribution in [0.15, 0.2) is 48.5 Å². The van der Waals surface area contributed by atoms with Crippen molar-refractivity contribution < 1.29 is 14.3 Å². The van der Waals surface area contributed by atoms with E-state index in [1.807, 2.05) is 18.2 Å². The summed E-state index contributed by atoms with van der Waals surface area (Å²) in [5.41, 5.74) is 2.70. The van der Waals surface area contributed by atoms with Crippen molar-refractivity contribution in [2.75, 3.05) is 13.1 Å². The van der Waals surface area contributed by atoms with Crippen molar-refractivity contribution in [1.82, 2.24) is 5.32 Å². The highest BCUT2D eigenvalue weighted by Crippen LogP contribution is 2.34. The zero-order chi connectivity index (χ0) is 18.2. The molecule has 4 nitrogen and oxygen atoms in total. The molecule has 0 amide bonds. The largest absolute Gasteiger partial charge is 0.514 e. The molecule has 0 saturated carbocycles. The molecule has 3 aromatic rings. The van der Waals surface area contributed by atoms with Gasteiger partial charge in [0, 0.05) is 0 Å². The molecule has 0 radical (unpaired) electrons. The van der Waals surface area contributed by atoms with Crippen molar-refractivity contribution in [3.63, 3.8) is 0 Å². The van der Waals surface area contributed by atoms with Crippen LogP contribution in [-0.2, 0) is 11.2 Å². The fraction of sp³-hybridized carbons (Fsp3) is 0.261. The molecule has 0 spiro atoms. The molecule has 1 aliphatic carbocycles. The molecule has 1 N–H and O–H groups in total. The van der Waals surface area contributed by atoms with E-state index in [2.05, 4.69) is 41.7 Å². The zero-order valence-electron chi connectivity index (χ0n) is 15.0. The molecule has 1 saturated heterocycles. The van der Waals surface area contributed by atoms with Crippen LogP contribution in [0.4, 0.5) is 4.79 Å². The summed E-state index contributed by atoms with van der Waals surface area (Å²) in [4.78, 5) is 12.1. The lowest BCUT2D eigenvalue weighted by Crippen LogP contribution is -2.34. The number of allylic oxidation sites excluding steroid dienone is 1. The van der Waals surface area contributed by atoms with Crippen LogP contribution in [0.1, 0.15) is 24.0 Å². The lowest BCUT2D eigenvalue weighted by Gasteiger charge is -2.22. The van der Waals surface area contributed by atoms with Gasteiger partial charge in [-0.05, 0) is 77.2 Å². The van der Waals surface area contributed by atoms with Crippen LogP contribution in [-0.4, -0.2) is 25.3 Å². The molecule has 0 bridgehead atoms. The number of nitrogens with one attached hydrogen (secondary N) is 1. The summed E-state index contributed by atoms with van der Waals surface area (Å²) >= 11 is 0. The predicted octanol–water partition coefficient (Wildman–Crippen LogP) is 4.83. The zero-order valence-corrected chi connectivity index (χ0v) is 15.0. The molecule has 0 unspecified atom stereocenters. The molecule has 5 rings (SSSR count). The molecular weight excluding hydrogens is 338 g/mol. The standard InChI is InChI=1S/C23H21NO3/c25-23(26-17-10-12-24-13-11-17)27-18-6-9-20-16(14-18)5-8-21-19-3-1-2-15(19)4-7-22(20)21/h1-2,4-9,14,17,24H,3,10-13H2. The summed E-state index contributed by atoms with van der Waals surface area (Å²) < 4.78 is 10.8. The minimum absolute atomic E-state index is 0.0566. The third-order valence-corrected chi connectivity index (χ3v) is 5.51. The Labute approximate surface area is 157 Å². The van der Waals surface area contributed by atoms with Gasteiger partial charge < -0.3 is 14.8 Å². The van der Waals surface area contributed by atoms with Crippen molar-refractivity contribution in [3.8, 4) is 5.75 Å². The van der Waals surface area contributed by atoms with Crippen molar-refractivity contribution >= 4 is 33.8 Å². The van der Waals surface area contributed by atoms with Crippen molar-refractivity contribution in [3.05, 3.63) is 59.7 Å². The van der Waals surface area contributed by atoms with Gasteiger partial charge in [0.05, 0.1) is 0 Å². The van der Waals surface area contributed by atoms with Gasteiger partial charge >= 0.3 is 6.16 Å². The monoisotopic (exact) mass is 359 g/mol. The van der Waals surface area contributed by atoms with Gasteiger partial charge in [0.1, 0.15) is 11.9 Å². The summed E-state index contributed by atoms with van der Waals surface area (Å²) in [6.07, 6.45) is 6.37. The minimum Gasteiger partial charge on any atom is -0.431 e. The van der Waals surface area contributed by atoms with E-state index in [9.17, 15) is 4.79 Å². The number of hydrogen-bond donors (Lipinski definition) is 1. The number of ether oxygens (including phenoxy) is 2. The Morgan fingerprint density at radius 1 is 0.963 bits per heavy atom. The van der Waals surface area contributed by atoms with Crippen LogP contribution >= 0.6 is 0 Å². The molecule has 1 fully saturated rings. The smallest absolute Gasteiger partial charge is 0.431 e. The van der Waals surface area contributed by atoms with Crippen LogP contribution in [0.3, 0.4) is 0 Å². The number of benzene rings is 3. The molecule has 0 atom stereocenters. The van der Waals surface area contributed by atoms with E-state index in [4.69, 9.17) is 9.47 Å². The minimum atomic E-state index is -0.620. The number of carbonyl (C=O) groups excluding carboxylic acids is 1. The third kappa shape index (κ3) is 3.06. The predicted molar refractivity (Wildman–Crippen MR) is 107 cm³/mol. The quantitative estimate of drug-likeness (QED) is 0.404. The fourth-order valence-electron chi connectivity index (χ4n) is 4.12. The number of piperidine rings is 1. The second kappa shape index (κ2) is 6.71. The normalized spacial score (nSPS) is 16.6. The van der Waals surface area contributed by atoms with Crippen molar-refractivity contribution in [2.24, 2.45) is 0 Å². The maximum atomic E-state index is 12.1. The van der Waals surface area contributed by atoms with Gasteiger partial charge in [0.15, 0.2) is 0 Å². The van der Waals surface area contributed by atoms with Crippen LogP contribution in [0.2, 0.25) is 0 Å². The molecule has 2 aliphatic rings. The van der Waals surface area contributed by atoms with Crippen LogP contribution in [0.5, 0.6) is 5.75 Å². The van der Waals surface area contributed by atoms with Crippen LogP contribution in [0.25, 0.3) is 27.6 Å². The Morgan fingerprint density at radius 2 is 1.78 bits per heavy atom. The highest BCUT2D eigenvalue weighted by atomic mass is 16.7. The average Bonchev–Trinajstić information content (AvgIpc) is 3.17. The molecule has 4 heteroatoms. The first kappa shape index (κ1) is 16.3. The molecule has 3 aromatic carbocycles. The number of carbonyl (C=O) groups is 1. The van der Waals surface area contributed by atoms with Gasteiger partial charge in [-0.25, -0.2) is 4.79 Å². The van der Waals surface area contributed by atoms with Gasteiger partial charge in [-0.15, -0.1) is 0 Å². The van der Waals surface area contributed by atoms with Gasteiger partial charge in [-0.1, -0.05) is 42.5 Å². The lowest BCUT2D eigenvalue weighted by molar-refractivity contribution is 0.0449. The number of fused-ring (bicyclic) bond motifs is 5. The molecule has 0 aromatic heterocycles. The van der Waals surface area contributed by atoms with E-state index < -0.39 is 6.16 Å². The number of hydrogen-bond acceptors (Lipinski definition) is 4. The summed E-state index contributed by atoms with van der Waals surface area (Å²) in [7, 11) is 0. The van der Waals surface area contributed by atoms with E-state index in [-0.39, 0.29) is 6.10 Å². The Kier molecular flexibility index (Phi) is 4.06. The molecule has 1 aliphatic heterocycles. The fourth-order valence-corrected chi connectivity index (χ4v) is 4.12. The van der Waals surface area contributed by atoms with Gasteiger partial charge in [0.2, 0.25) is 0 Å². The summed E-state index contributed by atoms with van der Waals surface area (Å²) in [5.74, 6) is 0.517. The highest BCUT2D eigenvalue weighted by molar-refractivity contribution is 6.09. The van der Waals surface area contributed by atoms with E-state index >= 15 is 0 Å². The average molecular weight is 359 g/mol. The second-order valence-corrected chi connectivity index (χ2v) is 7.20. The summed E-state index contributed by atoms with van der Waals surface area (Å²) in [5, 5.41) is 8.01. The molecular formula is C23H21NO3. The number of rotatable bonds is 2. The maximum Gasteiger partial charge on any atom is 0.514 e. The highest BCUT2D eigenvalue weighted by Gasteiger charge is 2.19. The summed E-state index contributed by atoms with van der Waals surface area (Å²) in [6.45, 7) is 1.75. The first-order valence-electron chi connectivity index (χ1n) is 9.52. The Balaban J connectivity index is 1.41. The molecule has 136 valence electrons. The van der Waals surface area contributed by atoms with E-state index in [0.29, 0.717) is 5.75 Å². The maximum absolute atomic E-state index is 12.1. The Morgan fingerprint density at radius 3 is 2.67 bits per heavy atom. The van der Waals surface area contributed by atoms with Crippen molar-refractivity contribution in [1.29, 1.82) is 0 Å². The van der Waals surface area contributed by atoms with Crippen LogP contribution < -0.4 is 10.1 Å². The van der Waals surface area contributed by atoms with Gasteiger partial charge in [-0.2, -0.15) is 0 Å². The third-order valence-electron chi connectivity index (χ3n) is 5.51. The van der Waals surface area contributed by atoms with Gasteiger partial charge in [0.25, 0.3) is 0 Å². The topological polar surface area (TPSA) is 47.6 Å². The van der Waals surface area contributed by atoms with E-state index in [1.54, 1.807) is 0 Å². The Bertz CT molecular complexity index is 1060. The SMILES string of the molecule is O=C(Oc1ccc2c(ccc3c4c(ccc32)C=CC4)c1)OC1CCNCC1. The van der Waals surface area contributed by atoms with Gasteiger partial charge in [-0.3, -0.25) is 0 Å². The first-order valence-corrected chi connectivity index (χ1v) is 9.52. The molecule has 1 heterocycles. The molecule has 27 heavy (non-hydrogen) atoms. The Hall–Kier alpha value is -2.85. The lowest BCUT2D eigenvalue weighted by atomic mass is 9.96.